The Hall–Kier alpha value is -2.66. The lowest BCUT2D eigenvalue weighted by Gasteiger charge is -2.22. The lowest BCUT2D eigenvalue weighted by Crippen LogP contribution is -2.34. The number of imide groups is 1. The number of fused-ring (bicyclic) bond motifs is 1. The average Bonchev–Trinajstić information content (AvgIpc) is 2.85. The summed E-state index contributed by atoms with van der Waals surface area (Å²) in [6.07, 6.45) is -0.386. The van der Waals surface area contributed by atoms with Crippen LogP contribution in [0.15, 0.2) is 48.5 Å². The van der Waals surface area contributed by atoms with Gasteiger partial charge in [-0.25, -0.2) is 0 Å². The van der Waals surface area contributed by atoms with Gasteiger partial charge in [-0.2, -0.15) is 0 Å². The summed E-state index contributed by atoms with van der Waals surface area (Å²) in [6.45, 7) is 2.70. The van der Waals surface area contributed by atoms with Crippen LogP contribution < -0.4 is 4.74 Å². The summed E-state index contributed by atoms with van der Waals surface area (Å²) in [5.41, 5.74) is 1.78. The summed E-state index contributed by atoms with van der Waals surface area (Å²) >= 11 is 0. The number of ether oxygens (including phenoxy) is 2. The fourth-order valence-electron chi connectivity index (χ4n) is 2.83. The highest BCUT2D eigenvalue weighted by atomic mass is 16.5. The minimum atomic E-state index is -0.386. The van der Waals surface area contributed by atoms with Crippen LogP contribution in [0.5, 0.6) is 5.75 Å². The zero-order chi connectivity index (χ0) is 17.1. The number of rotatable bonds is 6. The smallest absolute Gasteiger partial charge is 0.261 e. The van der Waals surface area contributed by atoms with E-state index in [0.717, 1.165) is 11.3 Å². The second-order valence-corrected chi connectivity index (χ2v) is 5.49. The highest BCUT2D eigenvalue weighted by Gasteiger charge is 2.36. The van der Waals surface area contributed by atoms with Crippen LogP contribution in [0.2, 0.25) is 0 Å². The lowest BCUT2D eigenvalue weighted by molar-refractivity contribution is 0.0438. The summed E-state index contributed by atoms with van der Waals surface area (Å²) < 4.78 is 10.9. The molecule has 0 aromatic heterocycles. The summed E-state index contributed by atoms with van der Waals surface area (Å²) in [5.74, 6) is 0.226. The number of carbonyl (C=O) groups is 2. The number of hydrogen-bond donors (Lipinski definition) is 0. The van der Waals surface area contributed by atoms with Gasteiger partial charge < -0.3 is 9.47 Å². The first-order valence-electron chi connectivity index (χ1n) is 7.86. The molecule has 0 saturated carbocycles. The van der Waals surface area contributed by atoms with Gasteiger partial charge in [0.15, 0.2) is 0 Å². The SMILES string of the molecule is CCOc1ccc(C(CN2C(=O)c3ccccc3C2=O)OC)cc1. The van der Waals surface area contributed by atoms with E-state index in [9.17, 15) is 9.59 Å². The topological polar surface area (TPSA) is 55.8 Å². The normalized spacial score (nSPS) is 14.7. The van der Waals surface area contributed by atoms with Crippen LogP contribution in [0.3, 0.4) is 0 Å². The Morgan fingerprint density at radius 1 is 0.958 bits per heavy atom. The number of methoxy groups -OCH3 is 1. The van der Waals surface area contributed by atoms with Crippen LogP contribution in [0.25, 0.3) is 0 Å². The Morgan fingerprint density at radius 2 is 1.54 bits per heavy atom. The van der Waals surface area contributed by atoms with Gasteiger partial charge in [0.25, 0.3) is 11.8 Å². The highest BCUT2D eigenvalue weighted by Crippen LogP contribution is 2.27. The van der Waals surface area contributed by atoms with Crippen molar-refractivity contribution in [2.75, 3.05) is 20.3 Å². The maximum absolute atomic E-state index is 12.5. The van der Waals surface area contributed by atoms with Gasteiger partial charge in [-0.05, 0) is 36.8 Å². The molecule has 1 aliphatic heterocycles. The largest absolute Gasteiger partial charge is 0.494 e. The Labute approximate surface area is 140 Å². The van der Waals surface area contributed by atoms with Crippen LogP contribution in [-0.4, -0.2) is 37.0 Å². The predicted octanol–water partition coefficient (Wildman–Crippen LogP) is 3.07. The first kappa shape index (κ1) is 16.2. The molecule has 1 heterocycles. The Balaban J connectivity index is 1.79. The minimum absolute atomic E-state index is 0.177. The van der Waals surface area contributed by atoms with Crippen LogP contribution in [0, 0.1) is 0 Å². The van der Waals surface area contributed by atoms with E-state index in [4.69, 9.17) is 9.47 Å². The van der Waals surface area contributed by atoms with Crippen molar-refractivity contribution >= 4 is 11.8 Å². The maximum Gasteiger partial charge on any atom is 0.261 e. The molecule has 5 nitrogen and oxygen atoms in total. The van der Waals surface area contributed by atoms with Gasteiger partial charge in [0.2, 0.25) is 0 Å². The number of carbonyl (C=O) groups excluding carboxylic acids is 2. The third-order valence-corrected chi connectivity index (χ3v) is 4.07. The molecule has 124 valence electrons. The third kappa shape index (κ3) is 2.90. The van der Waals surface area contributed by atoms with Crippen molar-refractivity contribution in [2.24, 2.45) is 0 Å². The molecular formula is C19H19NO4. The van der Waals surface area contributed by atoms with E-state index >= 15 is 0 Å². The van der Waals surface area contributed by atoms with E-state index in [1.165, 1.54) is 4.90 Å². The molecule has 2 aromatic rings. The van der Waals surface area contributed by atoms with Crippen molar-refractivity contribution in [3.05, 3.63) is 65.2 Å². The molecule has 1 atom stereocenters. The highest BCUT2D eigenvalue weighted by molar-refractivity contribution is 6.21. The molecule has 0 aliphatic carbocycles. The molecule has 0 radical (unpaired) electrons. The first-order chi connectivity index (χ1) is 11.7. The molecule has 0 saturated heterocycles. The number of nitrogens with zero attached hydrogens (tertiary/aromatic N) is 1. The molecule has 5 heteroatoms. The van der Waals surface area contributed by atoms with Crippen LogP contribution in [-0.2, 0) is 4.74 Å². The lowest BCUT2D eigenvalue weighted by atomic mass is 10.1. The standard InChI is InChI=1S/C19H19NO4/c1-3-24-14-10-8-13(9-11-14)17(23-2)12-20-18(21)15-6-4-5-7-16(15)19(20)22/h4-11,17H,3,12H2,1-2H3. The van der Waals surface area contributed by atoms with Crippen LogP contribution in [0.1, 0.15) is 39.3 Å². The zero-order valence-electron chi connectivity index (χ0n) is 13.7. The number of amides is 2. The molecule has 2 aromatic carbocycles. The van der Waals surface area contributed by atoms with Crippen LogP contribution in [0.4, 0.5) is 0 Å². The second kappa shape index (κ2) is 6.84. The van der Waals surface area contributed by atoms with E-state index in [0.29, 0.717) is 17.7 Å². The zero-order valence-corrected chi connectivity index (χ0v) is 13.7. The van der Waals surface area contributed by atoms with Gasteiger partial charge in [-0.15, -0.1) is 0 Å². The van der Waals surface area contributed by atoms with Crippen LogP contribution >= 0.6 is 0 Å². The molecule has 0 bridgehead atoms. The molecule has 2 amide bonds. The number of benzene rings is 2. The van der Waals surface area contributed by atoms with Crippen molar-refractivity contribution < 1.29 is 19.1 Å². The van der Waals surface area contributed by atoms with Crippen molar-refractivity contribution in [3.63, 3.8) is 0 Å². The predicted molar refractivity (Wildman–Crippen MR) is 89.2 cm³/mol. The van der Waals surface area contributed by atoms with E-state index < -0.39 is 0 Å². The van der Waals surface area contributed by atoms with Gasteiger partial charge in [0.05, 0.1) is 24.3 Å². The van der Waals surface area contributed by atoms with Crippen molar-refractivity contribution in [2.45, 2.75) is 13.0 Å². The molecule has 1 unspecified atom stereocenters. The van der Waals surface area contributed by atoms with E-state index in [1.807, 2.05) is 31.2 Å². The molecule has 0 spiro atoms. The summed E-state index contributed by atoms with van der Waals surface area (Å²) in [7, 11) is 1.57. The van der Waals surface area contributed by atoms with Crippen molar-refractivity contribution in [1.29, 1.82) is 0 Å². The maximum atomic E-state index is 12.5. The first-order valence-corrected chi connectivity index (χ1v) is 7.86. The summed E-state index contributed by atoms with van der Waals surface area (Å²) in [4.78, 5) is 26.2. The molecule has 0 fully saturated rings. The van der Waals surface area contributed by atoms with Crippen molar-refractivity contribution in [1.82, 2.24) is 4.90 Å². The molecule has 3 rings (SSSR count). The van der Waals surface area contributed by atoms with E-state index in [1.54, 1.807) is 31.4 Å². The summed E-state index contributed by atoms with van der Waals surface area (Å²) in [6, 6.07) is 14.3. The Kier molecular flexibility index (Phi) is 4.62. The van der Waals surface area contributed by atoms with Gasteiger partial charge in [0.1, 0.15) is 11.9 Å². The Morgan fingerprint density at radius 3 is 2.04 bits per heavy atom. The fraction of sp³-hybridized carbons (Fsp3) is 0.263. The summed E-state index contributed by atoms with van der Waals surface area (Å²) in [5, 5.41) is 0. The fourth-order valence-corrected chi connectivity index (χ4v) is 2.83. The van der Waals surface area contributed by atoms with Gasteiger partial charge in [0, 0.05) is 7.11 Å². The molecular weight excluding hydrogens is 306 g/mol. The quantitative estimate of drug-likeness (QED) is 0.766. The van der Waals surface area contributed by atoms with E-state index in [-0.39, 0.29) is 24.5 Å². The minimum Gasteiger partial charge on any atom is -0.494 e. The second-order valence-electron chi connectivity index (χ2n) is 5.49. The number of hydrogen-bond acceptors (Lipinski definition) is 4. The average molecular weight is 325 g/mol. The third-order valence-electron chi connectivity index (χ3n) is 4.07. The van der Waals surface area contributed by atoms with Gasteiger partial charge in [-0.3, -0.25) is 14.5 Å². The Bertz CT molecular complexity index is 719. The molecule has 24 heavy (non-hydrogen) atoms. The van der Waals surface area contributed by atoms with E-state index in [2.05, 4.69) is 0 Å². The molecule has 1 aliphatic rings. The molecule has 0 N–H and O–H groups in total. The van der Waals surface area contributed by atoms with Gasteiger partial charge >= 0.3 is 0 Å². The monoisotopic (exact) mass is 325 g/mol. The van der Waals surface area contributed by atoms with Crippen molar-refractivity contribution in [3.8, 4) is 5.75 Å². The van der Waals surface area contributed by atoms with Gasteiger partial charge in [-0.1, -0.05) is 24.3 Å².